The summed E-state index contributed by atoms with van der Waals surface area (Å²) in [6, 6.07) is 19.5. The maximum absolute atomic E-state index is 12.9. The first-order chi connectivity index (χ1) is 16.2. The van der Waals surface area contributed by atoms with Crippen LogP contribution in [0.3, 0.4) is 0 Å². The van der Waals surface area contributed by atoms with E-state index >= 15 is 0 Å². The largest absolute Gasteiger partial charge is 0.505 e. The molecule has 33 heavy (non-hydrogen) atoms. The van der Waals surface area contributed by atoms with Gasteiger partial charge < -0.3 is 10.4 Å². The highest BCUT2D eigenvalue weighted by Gasteiger charge is 2.19. The number of nitrogens with one attached hydrogen (secondary N) is 1. The van der Waals surface area contributed by atoms with Gasteiger partial charge in [-0.2, -0.15) is 14.8 Å². The van der Waals surface area contributed by atoms with Crippen molar-refractivity contribution in [2.45, 2.75) is 0 Å². The predicted molar refractivity (Wildman–Crippen MR) is 121 cm³/mol. The molecule has 5 rings (SSSR count). The molecule has 0 atom stereocenters. The lowest BCUT2D eigenvalue weighted by molar-refractivity contribution is 0.102. The Bertz CT molecular complexity index is 1470. The number of amides is 1. The molecule has 0 unspecified atom stereocenters. The lowest BCUT2D eigenvalue weighted by Crippen LogP contribution is -2.12. The molecule has 0 bridgehead atoms. The number of phenolic OH excluding ortho intramolecular Hbond substituents is 1. The predicted octanol–water partition coefficient (Wildman–Crippen LogP) is 4.58. The van der Waals surface area contributed by atoms with Gasteiger partial charge in [-0.25, -0.2) is 9.97 Å². The topological polar surface area (TPSA) is 131 Å². The Morgan fingerprint density at radius 3 is 2.48 bits per heavy atom. The molecule has 0 saturated carbocycles. The van der Waals surface area contributed by atoms with Crippen molar-refractivity contribution in [1.29, 1.82) is 0 Å². The molecular formula is C23H16N8O2. The maximum atomic E-state index is 12.9. The van der Waals surface area contributed by atoms with Gasteiger partial charge in [0.25, 0.3) is 17.8 Å². The number of hydrogen-bond donors (Lipinski definition) is 2. The number of carbonyl (C=O) groups excluding carboxylic acids is 1. The second-order valence-electron chi connectivity index (χ2n) is 6.88. The molecule has 2 N–H and O–H groups in total. The van der Waals surface area contributed by atoms with Gasteiger partial charge in [0.1, 0.15) is 12.0 Å². The second-order valence-corrected chi connectivity index (χ2v) is 6.88. The lowest BCUT2D eigenvalue weighted by Gasteiger charge is -2.11. The van der Waals surface area contributed by atoms with Crippen LogP contribution in [0, 0.1) is 0 Å². The number of fused-ring (bicyclic) bond motifs is 1. The molecule has 0 aliphatic carbocycles. The highest BCUT2D eigenvalue weighted by Crippen LogP contribution is 2.39. The summed E-state index contributed by atoms with van der Waals surface area (Å²) in [6.45, 7) is 0. The summed E-state index contributed by atoms with van der Waals surface area (Å²) in [5.41, 5.74) is 0.809. The fraction of sp³-hybridized carbons (Fsp3) is 0. The molecule has 0 radical (unpaired) electrons. The Balaban J connectivity index is 1.57. The molecule has 2 aromatic heterocycles. The van der Waals surface area contributed by atoms with Crippen LogP contribution in [0.4, 0.5) is 17.3 Å². The zero-order valence-electron chi connectivity index (χ0n) is 17.1. The molecule has 2 heterocycles. The van der Waals surface area contributed by atoms with Crippen LogP contribution in [0.15, 0.2) is 95.7 Å². The number of benzene rings is 3. The van der Waals surface area contributed by atoms with Gasteiger partial charge >= 0.3 is 0 Å². The number of nitrogens with zero attached hydrogens (tertiary/aromatic N) is 7. The number of para-hydroxylation sites is 1. The van der Waals surface area contributed by atoms with E-state index in [1.807, 2.05) is 36.4 Å². The average molecular weight is 436 g/mol. The number of aromatic hydroxyl groups is 1. The van der Waals surface area contributed by atoms with Gasteiger partial charge in [0.2, 0.25) is 0 Å². The van der Waals surface area contributed by atoms with Crippen LogP contribution in [-0.4, -0.2) is 35.7 Å². The van der Waals surface area contributed by atoms with Crippen LogP contribution in [0.1, 0.15) is 10.4 Å². The summed E-state index contributed by atoms with van der Waals surface area (Å²) in [7, 11) is 0. The molecule has 3 aromatic carbocycles. The first-order valence-corrected chi connectivity index (χ1v) is 9.91. The van der Waals surface area contributed by atoms with Crippen molar-refractivity contribution in [1.82, 2.24) is 24.7 Å². The number of phenols is 1. The van der Waals surface area contributed by atoms with E-state index in [-0.39, 0.29) is 28.9 Å². The molecule has 1 amide bonds. The molecule has 0 saturated heterocycles. The summed E-state index contributed by atoms with van der Waals surface area (Å²) in [4.78, 5) is 25.3. The van der Waals surface area contributed by atoms with Crippen LogP contribution >= 0.6 is 0 Å². The van der Waals surface area contributed by atoms with Crippen molar-refractivity contribution >= 4 is 34.0 Å². The number of aromatic nitrogens is 5. The molecule has 160 valence electrons. The van der Waals surface area contributed by atoms with Gasteiger partial charge in [0, 0.05) is 23.5 Å². The summed E-state index contributed by atoms with van der Waals surface area (Å²) >= 11 is 0. The molecule has 0 aliphatic heterocycles. The maximum Gasteiger partial charge on any atom is 0.274 e. The van der Waals surface area contributed by atoms with E-state index in [0.29, 0.717) is 11.1 Å². The minimum atomic E-state index is -0.471. The fourth-order valence-corrected chi connectivity index (χ4v) is 3.25. The van der Waals surface area contributed by atoms with Crippen molar-refractivity contribution in [2.75, 3.05) is 5.32 Å². The zero-order valence-corrected chi connectivity index (χ0v) is 17.1. The average Bonchev–Trinajstić information content (AvgIpc) is 3.33. The SMILES string of the molecule is O=C(Nc1ccccc1)c1cc2ccccc2c(N=Nc2ncnn2-c2ncccn2)c1O. The van der Waals surface area contributed by atoms with Gasteiger partial charge in [-0.3, -0.25) is 4.79 Å². The Hall–Kier alpha value is -4.99. The molecular weight excluding hydrogens is 420 g/mol. The van der Waals surface area contributed by atoms with Crippen molar-refractivity contribution in [2.24, 2.45) is 10.2 Å². The van der Waals surface area contributed by atoms with Crippen LogP contribution in [0.5, 0.6) is 5.75 Å². The summed E-state index contributed by atoms with van der Waals surface area (Å²) in [5, 5.41) is 27.5. The van der Waals surface area contributed by atoms with Crippen molar-refractivity contribution in [3.8, 4) is 11.7 Å². The highest BCUT2D eigenvalue weighted by molar-refractivity contribution is 6.11. The van der Waals surface area contributed by atoms with Crippen molar-refractivity contribution < 1.29 is 9.90 Å². The standard InChI is InChI=1S/C23H16N8O2/c32-20-18(21(33)28-16-8-2-1-3-9-16)13-15-7-4-5-10-17(15)19(20)29-30-23-26-14-27-31(23)22-24-11-6-12-25-22/h1-14,32H,(H,28,33). The van der Waals surface area contributed by atoms with Crippen molar-refractivity contribution in [3.05, 3.63) is 91.0 Å². The highest BCUT2D eigenvalue weighted by atomic mass is 16.3. The number of rotatable bonds is 5. The van der Waals surface area contributed by atoms with Gasteiger partial charge in [0.05, 0.1) is 5.56 Å². The van der Waals surface area contributed by atoms with Gasteiger partial charge in [-0.1, -0.05) is 42.5 Å². The van der Waals surface area contributed by atoms with E-state index in [9.17, 15) is 9.90 Å². The molecule has 10 heteroatoms. The van der Waals surface area contributed by atoms with Crippen LogP contribution < -0.4 is 5.32 Å². The molecule has 10 nitrogen and oxygen atoms in total. The van der Waals surface area contributed by atoms with Crippen LogP contribution in [0.2, 0.25) is 0 Å². The number of hydrogen-bond acceptors (Lipinski definition) is 8. The first kappa shape index (κ1) is 19.9. The Morgan fingerprint density at radius 1 is 0.909 bits per heavy atom. The summed E-state index contributed by atoms with van der Waals surface area (Å²) in [6.07, 6.45) is 4.44. The quantitative estimate of drug-likeness (QED) is 0.388. The van der Waals surface area contributed by atoms with Crippen LogP contribution in [-0.2, 0) is 0 Å². The smallest absolute Gasteiger partial charge is 0.274 e. The fourth-order valence-electron chi connectivity index (χ4n) is 3.25. The molecule has 5 aromatic rings. The summed E-state index contributed by atoms with van der Waals surface area (Å²) < 4.78 is 1.31. The molecule has 0 fully saturated rings. The monoisotopic (exact) mass is 436 g/mol. The molecule has 0 aliphatic rings. The van der Waals surface area contributed by atoms with E-state index in [0.717, 1.165) is 5.39 Å². The van der Waals surface area contributed by atoms with Crippen LogP contribution in [0.25, 0.3) is 16.7 Å². The minimum Gasteiger partial charge on any atom is -0.505 e. The van der Waals surface area contributed by atoms with E-state index in [1.165, 1.54) is 11.0 Å². The van der Waals surface area contributed by atoms with Gasteiger partial charge in [-0.05, 0) is 29.7 Å². The third-order valence-electron chi connectivity index (χ3n) is 4.78. The third kappa shape index (κ3) is 4.00. The van der Waals surface area contributed by atoms with Gasteiger partial charge in [0.15, 0.2) is 5.75 Å². The van der Waals surface area contributed by atoms with Crippen molar-refractivity contribution in [3.63, 3.8) is 0 Å². The summed E-state index contributed by atoms with van der Waals surface area (Å²) in [5.74, 6) is -0.382. The van der Waals surface area contributed by atoms with E-state index in [2.05, 4.69) is 35.6 Å². The second kappa shape index (κ2) is 8.63. The Labute approximate surface area is 187 Å². The lowest BCUT2D eigenvalue weighted by atomic mass is 10.0. The number of azo groups is 1. The number of anilines is 1. The third-order valence-corrected chi connectivity index (χ3v) is 4.78. The Kier molecular flexibility index (Phi) is 5.22. The minimum absolute atomic E-state index is 0.0689. The number of carbonyl (C=O) groups is 1. The van der Waals surface area contributed by atoms with E-state index in [1.54, 1.807) is 42.7 Å². The Morgan fingerprint density at radius 2 is 1.67 bits per heavy atom. The van der Waals surface area contributed by atoms with E-state index in [4.69, 9.17) is 0 Å². The molecule has 0 spiro atoms. The van der Waals surface area contributed by atoms with Gasteiger partial charge in [-0.15, -0.1) is 10.2 Å². The van der Waals surface area contributed by atoms with E-state index < -0.39 is 5.91 Å². The zero-order chi connectivity index (χ0) is 22.6. The first-order valence-electron chi connectivity index (χ1n) is 9.91. The normalized spacial score (nSPS) is 11.2.